The Kier molecular flexibility index (Phi) is 2.54. The molecule has 0 spiro atoms. The second-order valence-corrected chi connectivity index (χ2v) is 3.83. The molecule has 3 nitrogen and oxygen atoms in total. The van der Waals surface area contributed by atoms with Gasteiger partial charge in [-0.3, -0.25) is 4.79 Å². The standard InChI is InChI=1S/C10H10N2OS/c1-14-6-9-11-8-5-3-2-4-7(8)10(13)12-9/h2-5H,6H2,1H3,(H,11,12,13). The Morgan fingerprint density at radius 3 is 3.00 bits per heavy atom. The molecule has 1 N–H and O–H groups in total. The topological polar surface area (TPSA) is 45.8 Å². The van der Waals surface area contributed by atoms with E-state index in [2.05, 4.69) is 9.97 Å². The summed E-state index contributed by atoms with van der Waals surface area (Å²) in [5.74, 6) is 1.47. The maximum Gasteiger partial charge on any atom is 0.258 e. The molecule has 0 unspecified atom stereocenters. The van der Waals surface area contributed by atoms with Gasteiger partial charge in [-0.05, 0) is 18.4 Å². The third-order valence-corrected chi connectivity index (χ3v) is 2.51. The van der Waals surface area contributed by atoms with Gasteiger partial charge >= 0.3 is 0 Å². The van der Waals surface area contributed by atoms with Gasteiger partial charge in [0, 0.05) is 0 Å². The minimum atomic E-state index is -0.0559. The van der Waals surface area contributed by atoms with Crippen LogP contribution < -0.4 is 5.56 Å². The molecule has 0 fully saturated rings. The molecule has 72 valence electrons. The first kappa shape index (κ1) is 9.27. The van der Waals surface area contributed by atoms with Gasteiger partial charge in [0.1, 0.15) is 5.82 Å². The fourth-order valence-electron chi connectivity index (χ4n) is 1.34. The summed E-state index contributed by atoms with van der Waals surface area (Å²) < 4.78 is 0. The molecule has 2 aromatic rings. The third-order valence-electron chi connectivity index (χ3n) is 1.94. The van der Waals surface area contributed by atoms with Crippen molar-refractivity contribution in [3.63, 3.8) is 0 Å². The molecule has 0 bridgehead atoms. The number of nitrogens with zero attached hydrogens (tertiary/aromatic N) is 1. The van der Waals surface area contributed by atoms with E-state index < -0.39 is 0 Å². The Hall–Kier alpha value is -1.29. The van der Waals surface area contributed by atoms with Crippen LogP contribution in [-0.4, -0.2) is 16.2 Å². The van der Waals surface area contributed by atoms with Crippen LogP contribution in [-0.2, 0) is 5.75 Å². The highest BCUT2D eigenvalue weighted by atomic mass is 32.2. The summed E-state index contributed by atoms with van der Waals surface area (Å²) in [7, 11) is 0. The van der Waals surface area contributed by atoms with Crippen LogP contribution in [0.2, 0.25) is 0 Å². The Balaban J connectivity index is 2.66. The van der Waals surface area contributed by atoms with Gasteiger partial charge < -0.3 is 4.98 Å². The molecule has 0 saturated carbocycles. The predicted molar refractivity (Wildman–Crippen MR) is 59.6 cm³/mol. The largest absolute Gasteiger partial charge is 0.309 e. The second-order valence-electron chi connectivity index (χ2n) is 2.96. The van der Waals surface area contributed by atoms with Crippen molar-refractivity contribution in [3.8, 4) is 0 Å². The van der Waals surface area contributed by atoms with Crippen LogP contribution in [0.15, 0.2) is 29.1 Å². The lowest BCUT2D eigenvalue weighted by Gasteiger charge is -2.00. The number of benzene rings is 1. The van der Waals surface area contributed by atoms with Crippen molar-refractivity contribution in [1.82, 2.24) is 9.97 Å². The van der Waals surface area contributed by atoms with Crippen molar-refractivity contribution < 1.29 is 0 Å². The molecule has 0 aliphatic carbocycles. The first-order chi connectivity index (χ1) is 6.81. The van der Waals surface area contributed by atoms with Crippen LogP contribution >= 0.6 is 11.8 Å². The number of hydrogen-bond donors (Lipinski definition) is 1. The van der Waals surface area contributed by atoms with E-state index in [0.717, 1.165) is 17.1 Å². The quantitative estimate of drug-likeness (QED) is 0.814. The summed E-state index contributed by atoms with van der Waals surface area (Å²) in [6.45, 7) is 0. The first-order valence-electron chi connectivity index (χ1n) is 4.28. The minimum Gasteiger partial charge on any atom is -0.309 e. The van der Waals surface area contributed by atoms with Crippen LogP contribution in [0.25, 0.3) is 10.9 Å². The van der Waals surface area contributed by atoms with Gasteiger partial charge in [-0.1, -0.05) is 12.1 Å². The van der Waals surface area contributed by atoms with Gasteiger partial charge in [0.15, 0.2) is 0 Å². The van der Waals surface area contributed by atoms with E-state index >= 15 is 0 Å². The van der Waals surface area contributed by atoms with Crippen LogP contribution in [0.1, 0.15) is 5.82 Å². The van der Waals surface area contributed by atoms with Gasteiger partial charge in [-0.15, -0.1) is 0 Å². The second kappa shape index (κ2) is 3.84. The monoisotopic (exact) mass is 206 g/mol. The first-order valence-corrected chi connectivity index (χ1v) is 5.67. The number of hydrogen-bond acceptors (Lipinski definition) is 3. The summed E-state index contributed by atoms with van der Waals surface area (Å²) in [6.07, 6.45) is 1.98. The molecule has 0 aliphatic rings. The lowest BCUT2D eigenvalue weighted by Crippen LogP contribution is -2.10. The minimum absolute atomic E-state index is 0.0559. The van der Waals surface area contributed by atoms with Crippen LogP contribution in [0.4, 0.5) is 0 Å². The Bertz CT molecular complexity index is 507. The van der Waals surface area contributed by atoms with Crippen LogP contribution in [0, 0.1) is 0 Å². The zero-order chi connectivity index (χ0) is 9.97. The van der Waals surface area contributed by atoms with Crippen LogP contribution in [0.3, 0.4) is 0 Å². The lowest BCUT2D eigenvalue weighted by molar-refractivity contribution is 1.04. The Morgan fingerprint density at radius 1 is 1.43 bits per heavy atom. The number of aromatic amines is 1. The van der Waals surface area contributed by atoms with Crippen molar-refractivity contribution in [2.75, 3.05) is 6.26 Å². The van der Waals surface area contributed by atoms with E-state index in [1.807, 2.05) is 24.5 Å². The molecule has 0 saturated heterocycles. The Morgan fingerprint density at radius 2 is 2.21 bits per heavy atom. The normalized spacial score (nSPS) is 10.6. The number of nitrogens with one attached hydrogen (secondary N) is 1. The molecular formula is C10H10N2OS. The van der Waals surface area contributed by atoms with Crippen molar-refractivity contribution in [1.29, 1.82) is 0 Å². The smallest absolute Gasteiger partial charge is 0.258 e. The third kappa shape index (κ3) is 1.65. The van der Waals surface area contributed by atoms with E-state index in [1.54, 1.807) is 17.8 Å². The molecule has 4 heteroatoms. The van der Waals surface area contributed by atoms with Crippen LogP contribution in [0.5, 0.6) is 0 Å². The number of rotatable bonds is 2. The van der Waals surface area contributed by atoms with Gasteiger partial charge in [-0.2, -0.15) is 11.8 Å². The van der Waals surface area contributed by atoms with Gasteiger partial charge in [0.25, 0.3) is 5.56 Å². The highest BCUT2D eigenvalue weighted by molar-refractivity contribution is 7.97. The van der Waals surface area contributed by atoms with E-state index in [4.69, 9.17) is 0 Å². The van der Waals surface area contributed by atoms with Crippen molar-refractivity contribution in [3.05, 3.63) is 40.4 Å². The number of fused-ring (bicyclic) bond motifs is 1. The molecule has 0 atom stereocenters. The maximum absolute atomic E-state index is 11.6. The predicted octanol–water partition coefficient (Wildman–Crippen LogP) is 1.79. The molecular weight excluding hydrogens is 196 g/mol. The average molecular weight is 206 g/mol. The highest BCUT2D eigenvalue weighted by Crippen LogP contribution is 2.08. The van der Waals surface area contributed by atoms with E-state index in [-0.39, 0.29) is 5.56 Å². The molecule has 14 heavy (non-hydrogen) atoms. The summed E-state index contributed by atoms with van der Waals surface area (Å²) in [4.78, 5) is 18.7. The van der Waals surface area contributed by atoms with E-state index in [1.165, 1.54) is 0 Å². The number of H-pyrrole nitrogens is 1. The highest BCUT2D eigenvalue weighted by Gasteiger charge is 2.01. The molecule has 0 aliphatic heterocycles. The molecule has 0 amide bonds. The van der Waals surface area contributed by atoms with Gasteiger partial charge in [0.2, 0.25) is 0 Å². The van der Waals surface area contributed by atoms with E-state index in [9.17, 15) is 4.79 Å². The molecule has 1 aromatic heterocycles. The maximum atomic E-state index is 11.6. The number of para-hydroxylation sites is 1. The summed E-state index contributed by atoms with van der Waals surface area (Å²) in [5, 5.41) is 0.650. The summed E-state index contributed by atoms with van der Waals surface area (Å²) in [6, 6.07) is 7.36. The Labute approximate surface area is 85.6 Å². The number of thioether (sulfide) groups is 1. The van der Waals surface area contributed by atoms with Crippen molar-refractivity contribution >= 4 is 22.7 Å². The van der Waals surface area contributed by atoms with Gasteiger partial charge in [0.05, 0.1) is 16.7 Å². The molecule has 1 heterocycles. The van der Waals surface area contributed by atoms with E-state index in [0.29, 0.717) is 5.39 Å². The van der Waals surface area contributed by atoms with Crippen molar-refractivity contribution in [2.45, 2.75) is 5.75 Å². The molecule has 1 aromatic carbocycles. The SMILES string of the molecule is CSCc1nc2ccccc2c(=O)[nH]1. The zero-order valence-corrected chi connectivity index (χ0v) is 8.60. The zero-order valence-electron chi connectivity index (χ0n) is 7.78. The van der Waals surface area contributed by atoms with Gasteiger partial charge in [-0.25, -0.2) is 4.98 Å². The fraction of sp³-hybridized carbons (Fsp3) is 0.200. The fourth-order valence-corrected chi connectivity index (χ4v) is 1.75. The number of aromatic nitrogens is 2. The molecule has 2 rings (SSSR count). The van der Waals surface area contributed by atoms with Crippen molar-refractivity contribution in [2.24, 2.45) is 0 Å². The molecule has 0 radical (unpaired) electrons. The summed E-state index contributed by atoms with van der Waals surface area (Å²) >= 11 is 1.64. The average Bonchev–Trinajstić information content (AvgIpc) is 2.18. The summed E-state index contributed by atoms with van der Waals surface area (Å²) in [5.41, 5.74) is 0.708. The lowest BCUT2D eigenvalue weighted by atomic mass is 10.2.